The molecule has 0 atom stereocenters. The quantitative estimate of drug-likeness (QED) is 0.494. The number of hydrogen-bond acceptors (Lipinski definition) is 6. The maximum absolute atomic E-state index is 11.7. The second-order valence-electron chi connectivity index (χ2n) is 4.97. The first kappa shape index (κ1) is 16.4. The van der Waals surface area contributed by atoms with E-state index in [-0.39, 0.29) is 12.5 Å². The molecule has 122 valence electrons. The van der Waals surface area contributed by atoms with Crippen molar-refractivity contribution in [1.29, 1.82) is 0 Å². The zero-order valence-electron chi connectivity index (χ0n) is 12.7. The van der Waals surface area contributed by atoms with Crippen LogP contribution in [0.5, 0.6) is 0 Å². The second kappa shape index (κ2) is 7.42. The molecule has 5 nitrogen and oxygen atoms in total. The molecule has 0 spiro atoms. The van der Waals surface area contributed by atoms with E-state index in [1.54, 1.807) is 23.5 Å². The third-order valence-electron chi connectivity index (χ3n) is 3.19. The summed E-state index contributed by atoms with van der Waals surface area (Å²) in [6.07, 6.45) is 2.97. The van der Waals surface area contributed by atoms with Crippen LogP contribution in [-0.2, 0) is 16.1 Å². The van der Waals surface area contributed by atoms with E-state index >= 15 is 0 Å². The maximum atomic E-state index is 11.7. The van der Waals surface area contributed by atoms with Crippen LogP contribution in [0.25, 0.3) is 17.5 Å². The Morgan fingerprint density at radius 2 is 2.29 bits per heavy atom. The first-order valence-electron chi connectivity index (χ1n) is 7.08. The number of hydrogen-bond donors (Lipinski definition) is 0. The average molecular weight is 361 g/mol. The van der Waals surface area contributed by atoms with E-state index in [2.05, 4.69) is 10.1 Å². The van der Waals surface area contributed by atoms with Crippen molar-refractivity contribution in [2.45, 2.75) is 13.5 Å². The molecule has 0 fully saturated rings. The predicted molar refractivity (Wildman–Crippen MR) is 92.6 cm³/mol. The van der Waals surface area contributed by atoms with Crippen LogP contribution >= 0.6 is 22.9 Å². The van der Waals surface area contributed by atoms with Gasteiger partial charge in [0.25, 0.3) is 5.89 Å². The lowest BCUT2D eigenvalue weighted by molar-refractivity contribution is -0.139. The molecule has 0 aliphatic carbocycles. The monoisotopic (exact) mass is 360 g/mol. The molecule has 2 heterocycles. The van der Waals surface area contributed by atoms with Gasteiger partial charge < -0.3 is 9.26 Å². The molecule has 0 saturated carbocycles. The van der Waals surface area contributed by atoms with Gasteiger partial charge in [-0.05, 0) is 41.6 Å². The van der Waals surface area contributed by atoms with Crippen LogP contribution in [0.2, 0.25) is 5.02 Å². The predicted octanol–water partition coefficient (Wildman–Crippen LogP) is 4.52. The number of carbonyl (C=O) groups excluding carboxylic acids is 1. The molecule has 0 aliphatic heterocycles. The van der Waals surface area contributed by atoms with Gasteiger partial charge in [-0.25, -0.2) is 4.79 Å². The molecule has 0 saturated heterocycles. The Labute approximate surface area is 147 Å². The SMILES string of the molecule is Cc1ccc(/C=C/C(=O)OCc2nc(-c3ccsc3)no2)cc1Cl. The van der Waals surface area contributed by atoms with Gasteiger partial charge in [0, 0.05) is 22.0 Å². The fourth-order valence-electron chi connectivity index (χ4n) is 1.88. The molecule has 0 N–H and O–H groups in total. The minimum Gasteiger partial charge on any atom is -0.452 e. The molecule has 1 aromatic carbocycles. The Morgan fingerprint density at radius 3 is 3.04 bits per heavy atom. The first-order chi connectivity index (χ1) is 11.6. The smallest absolute Gasteiger partial charge is 0.331 e. The highest BCUT2D eigenvalue weighted by molar-refractivity contribution is 7.08. The minimum absolute atomic E-state index is 0.0744. The Morgan fingerprint density at radius 1 is 1.42 bits per heavy atom. The highest BCUT2D eigenvalue weighted by atomic mass is 35.5. The van der Waals surface area contributed by atoms with E-state index in [0.29, 0.717) is 10.8 Å². The lowest BCUT2D eigenvalue weighted by Gasteiger charge is -1.99. The highest BCUT2D eigenvalue weighted by Gasteiger charge is 2.10. The number of benzene rings is 1. The summed E-state index contributed by atoms with van der Waals surface area (Å²) in [5.74, 6) is 0.227. The molecule has 0 bridgehead atoms. The summed E-state index contributed by atoms with van der Waals surface area (Å²) in [5, 5.41) is 8.33. The van der Waals surface area contributed by atoms with E-state index < -0.39 is 5.97 Å². The van der Waals surface area contributed by atoms with Crippen molar-refractivity contribution in [2.75, 3.05) is 0 Å². The van der Waals surface area contributed by atoms with Gasteiger partial charge in [0.1, 0.15) is 0 Å². The minimum atomic E-state index is -0.498. The van der Waals surface area contributed by atoms with Crippen LogP contribution in [0, 0.1) is 6.92 Å². The van der Waals surface area contributed by atoms with Crippen LogP contribution in [-0.4, -0.2) is 16.1 Å². The summed E-state index contributed by atoms with van der Waals surface area (Å²) in [5.41, 5.74) is 2.67. The third-order valence-corrected chi connectivity index (χ3v) is 4.28. The zero-order chi connectivity index (χ0) is 16.9. The summed E-state index contributed by atoms with van der Waals surface area (Å²) in [6.45, 7) is 1.84. The van der Waals surface area contributed by atoms with Crippen molar-refractivity contribution >= 4 is 35.0 Å². The van der Waals surface area contributed by atoms with Crippen LogP contribution in [0.4, 0.5) is 0 Å². The van der Waals surface area contributed by atoms with Gasteiger partial charge in [-0.3, -0.25) is 0 Å². The van der Waals surface area contributed by atoms with Crippen molar-refractivity contribution in [3.8, 4) is 11.4 Å². The number of ether oxygens (including phenoxy) is 1. The number of rotatable bonds is 5. The highest BCUT2D eigenvalue weighted by Crippen LogP contribution is 2.19. The molecule has 7 heteroatoms. The van der Waals surface area contributed by atoms with Gasteiger partial charge in [0.05, 0.1) is 0 Å². The van der Waals surface area contributed by atoms with Crippen LogP contribution in [0.3, 0.4) is 0 Å². The number of halogens is 1. The van der Waals surface area contributed by atoms with Crippen molar-refractivity contribution in [2.24, 2.45) is 0 Å². The molecule has 3 rings (SSSR count). The number of carbonyl (C=O) groups is 1. The van der Waals surface area contributed by atoms with Gasteiger partial charge in [-0.1, -0.05) is 28.9 Å². The molecular formula is C17H13ClN2O3S. The van der Waals surface area contributed by atoms with Crippen molar-refractivity contribution in [3.63, 3.8) is 0 Å². The molecule has 0 radical (unpaired) electrons. The molecular weight excluding hydrogens is 348 g/mol. The topological polar surface area (TPSA) is 65.2 Å². The van der Waals surface area contributed by atoms with Crippen LogP contribution < -0.4 is 0 Å². The zero-order valence-corrected chi connectivity index (χ0v) is 14.3. The summed E-state index contributed by atoms with van der Waals surface area (Å²) >= 11 is 7.58. The van der Waals surface area contributed by atoms with E-state index in [1.807, 2.05) is 35.9 Å². The molecule has 0 unspecified atom stereocenters. The molecule has 2 aromatic heterocycles. The molecule has 0 aliphatic rings. The van der Waals surface area contributed by atoms with Gasteiger partial charge in [0.2, 0.25) is 5.82 Å². The Kier molecular flexibility index (Phi) is 5.08. The van der Waals surface area contributed by atoms with Crippen molar-refractivity contribution in [1.82, 2.24) is 10.1 Å². The fourth-order valence-corrected chi connectivity index (χ4v) is 2.70. The van der Waals surface area contributed by atoms with E-state index in [1.165, 1.54) is 6.08 Å². The van der Waals surface area contributed by atoms with Gasteiger partial charge in [0.15, 0.2) is 6.61 Å². The Hall–Kier alpha value is -2.44. The van der Waals surface area contributed by atoms with E-state index in [4.69, 9.17) is 20.9 Å². The lowest BCUT2D eigenvalue weighted by atomic mass is 10.1. The van der Waals surface area contributed by atoms with E-state index in [0.717, 1.165) is 16.7 Å². The Bertz CT molecular complexity index is 872. The standard InChI is InChI=1S/C17H13ClN2O3S/c1-11-2-3-12(8-14(11)18)4-5-16(21)22-9-15-19-17(20-23-15)13-6-7-24-10-13/h2-8,10H,9H2,1H3/b5-4+. The van der Waals surface area contributed by atoms with Crippen molar-refractivity contribution in [3.05, 3.63) is 63.1 Å². The summed E-state index contributed by atoms with van der Waals surface area (Å²) < 4.78 is 10.1. The third kappa shape index (κ3) is 4.10. The number of aryl methyl sites for hydroxylation is 1. The Balaban J connectivity index is 1.55. The summed E-state index contributed by atoms with van der Waals surface area (Å²) in [7, 11) is 0. The molecule has 3 aromatic rings. The van der Waals surface area contributed by atoms with Crippen LogP contribution in [0.15, 0.2) is 45.6 Å². The first-order valence-corrected chi connectivity index (χ1v) is 8.40. The number of esters is 1. The fraction of sp³-hybridized carbons (Fsp3) is 0.118. The van der Waals surface area contributed by atoms with Gasteiger partial charge in [-0.15, -0.1) is 0 Å². The largest absolute Gasteiger partial charge is 0.452 e. The number of aromatic nitrogens is 2. The van der Waals surface area contributed by atoms with Crippen LogP contribution in [0.1, 0.15) is 17.0 Å². The number of nitrogens with zero attached hydrogens (tertiary/aromatic N) is 2. The summed E-state index contributed by atoms with van der Waals surface area (Å²) in [6, 6.07) is 7.43. The number of thiophene rings is 1. The van der Waals surface area contributed by atoms with Gasteiger partial charge in [-0.2, -0.15) is 16.3 Å². The summed E-state index contributed by atoms with van der Waals surface area (Å²) in [4.78, 5) is 15.9. The maximum Gasteiger partial charge on any atom is 0.331 e. The normalized spacial score (nSPS) is 11.1. The molecule has 24 heavy (non-hydrogen) atoms. The van der Waals surface area contributed by atoms with E-state index in [9.17, 15) is 4.79 Å². The van der Waals surface area contributed by atoms with Crippen molar-refractivity contribution < 1.29 is 14.1 Å². The average Bonchev–Trinajstić information content (AvgIpc) is 3.25. The molecule has 0 amide bonds. The lowest BCUT2D eigenvalue weighted by Crippen LogP contribution is -2.00. The van der Waals surface area contributed by atoms with Gasteiger partial charge >= 0.3 is 5.97 Å². The second-order valence-corrected chi connectivity index (χ2v) is 6.16.